The van der Waals surface area contributed by atoms with Gasteiger partial charge in [0, 0.05) is 40.8 Å². The third-order valence-electron chi connectivity index (χ3n) is 4.39. The number of urea groups is 1. The summed E-state index contributed by atoms with van der Waals surface area (Å²) in [6.45, 7) is 4.79. The lowest BCUT2D eigenvalue weighted by atomic mass is 10.3. The van der Waals surface area contributed by atoms with Crippen molar-refractivity contribution in [3.05, 3.63) is 52.9 Å². The smallest absolute Gasteiger partial charge is 0.325 e. The Kier molecular flexibility index (Phi) is 6.28. The van der Waals surface area contributed by atoms with Crippen LogP contribution in [0.15, 0.2) is 43.0 Å². The van der Waals surface area contributed by atoms with Crippen molar-refractivity contribution in [2.45, 2.75) is 26.3 Å². The molecule has 0 unspecified atom stereocenters. The molecule has 3 N–H and O–H groups in total. The maximum Gasteiger partial charge on any atom is 0.325 e. The molecular formula is C20H21ClN8OS. The molecular weight excluding hydrogens is 436 g/mol. The van der Waals surface area contributed by atoms with Gasteiger partial charge in [-0.1, -0.05) is 17.7 Å². The van der Waals surface area contributed by atoms with E-state index >= 15 is 0 Å². The average molecular weight is 457 g/mol. The predicted molar refractivity (Wildman–Crippen MR) is 124 cm³/mol. The Morgan fingerprint density at radius 2 is 2.06 bits per heavy atom. The number of nitrogens with one attached hydrogen (secondary N) is 3. The molecule has 0 aliphatic carbocycles. The number of hydrogen-bond donors (Lipinski definition) is 3. The van der Waals surface area contributed by atoms with Gasteiger partial charge in [-0.25, -0.2) is 19.7 Å². The fourth-order valence-electron chi connectivity index (χ4n) is 3.02. The largest absolute Gasteiger partial charge is 0.368 e. The van der Waals surface area contributed by atoms with Gasteiger partial charge >= 0.3 is 6.03 Å². The van der Waals surface area contributed by atoms with Crippen LogP contribution in [0.4, 0.5) is 21.4 Å². The highest BCUT2D eigenvalue weighted by molar-refractivity contribution is 7.15. The van der Waals surface area contributed by atoms with Crippen molar-refractivity contribution >= 4 is 56.6 Å². The minimum Gasteiger partial charge on any atom is -0.368 e. The lowest BCUT2D eigenvalue weighted by Gasteiger charge is -2.11. The first-order valence-corrected chi connectivity index (χ1v) is 10.9. The number of amides is 2. The lowest BCUT2D eigenvalue weighted by Crippen LogP contribution is -2.19. The van der Waals surface area contributed by atoms with Crippen molar-refractivity contribution in [1.29, 1.82) is 0 Å². The number of halogens is 1. The van der Waals surface area contributed by atoms with E-state index in [1.807, 2.05) is 4.68 Å². The summed E-state index contributed by atoms with van der Waals surface area (Å²) in [7, 11) is 0. The maximum absolute atomic E-state index is 12.2. The summed E-state index contributed by atoms with van der Waals surface area (Å²) >= 11 is 7.36. The molecule has 0 atom stereocenters. The summed E-state index contributed by atoms with van der Waals surface area (Å²) in [5, 5.41) is 14.3. The molecule has 0 fully saturated rings. The number of anilines is 3. The van der Waals surface area contributed by atoms with Gasteiger partial charge in [0.1, 0.15) is 17.4 Å². The fourth-order valence-corrected chi connectivity index (χ4v) is 4.02. The molecule has 4 rings (SSSR count). The lowest BCUT2D eigenvalue weighted by molar-refractivity contribution is 0.262. The van der Waals surface area contributed by atoms with Crippen LogP contribution in [0.25, 0.3) is 11.0 Å². The highest BCUT2D eigenvalue weighted by Crippen LogP contribution is 2.23. The van der Waals surface area contributed by atoms with Crippen LogP contribution in [0.2, 0.25) is 5.02 Å². The molecule has 160 valence electrons. The third-order valence-corrected chi connectivity index (χ3v) is 5.60. The van der Waals surface area contributed by atoms with Crippen LogP contribution in [0.1, 0.15) is 24.8 Å². The molecule has 0 aliphatic heterocycles. The molecule has 9 nitrogen and oxygen atoms in total. The van der Waals surface area contributed by atoms with E-state index in [4.69, 9.17) is 11.6 Å². The van der Waals surface area contributed by atoms with E-state index in [1.165, 1.54) is 17.7 Å². The molecule has 0 saturated carbocycles. The highest BCUT2D eigenvalue weighted by atomic mass is 35.5. The number of hydrogen-bond acceptors (Lipinski definition) is 7. The van der Waals surface area contributed by atoms with E-state index in [9.17, 15) is 4.79 Å². The van der Waals surface area contributed by atoms with E-state index in [0.29, 0.717) is 22.4 Å². The zero-order chi connectivity index (χ0) is 21.8. The van der Waals surface area contributed by atoms with Gasteiger partial charge in [-0.05, 0) is 32.0 Å². The highest BCUT2D eigenvalue weighted by Gasteiger charge is 2.13. The molecule has 4 aromatic rings. The molecule has 0 saturated heterocycles. The molecule has 0 spiro atoms. The number of fused-ring (bicyclic) bond motifs is 1. The third kappa shape index (κ3) is 5.09. The number of nitrogens with zero attached hydrogens (tertiary/aromatic N) is 5. The Bertz CT molecular complexity index is 1200. The molecule has 11 heteroatoms. The molecule has 1 aromatic carbocycles. The predicted octanol–water partition coefficient (Wildman–Crippen LogP) is 4.82. The van der Waals surface area contributed by atoms with Crippen molar-refractivity contribution in [2.24, 2.45) is 0 Å². The number of thiazole rings is 1. The topological polar surface area (TPSA) is 110 Å². The molecule has 3 heterocycles. The number of carbonyl (C=O) groups excluding carboxylic acids is 1. The van der Waals surface area contributed by atoms with Crippen LogP contribution < -0.4 is 16.0 Å². The first-order valence-electron chi connectivity index (χ1n) is 9.70. The second-order valence-electron chi connectivity index (χ2n) is 7.04. The molecule has 0 aliphatic rings. The molecule has 0 bridgehead atoms. The Morgan fingerprint density at radius 3 is 2.87 bits per heavy atom. The first kappa shape index (κ1) is 21.0. The van der Waals surface area contributed by atoms with Crippen molar-refractivity contribution in [2.75, 3.05) is 22.5 Å². The van der Waals surface area contributed by atoms with Crippen molar-refractivity contribution in [1.82, 2.24) is 24.7 Å². The van der Waals surface area contributed by atoms with E-state index in [1.54, 1.807) is 36.7 Å². The summed E-state index contributed by atoms with van der Waals surface area (Å²) in [6, 6.07) is 6.79. The monoisotopic (exact) mass is 456 g/mol. The summed E-state index contributed by atoms with van der Waals surface area (Å²) in [4.78, 5) is 26.1. The van der Waals surface area contributed by atoms with Gasteiger partial charge in [-0.3, -0.25) is 10.00 Å². The standard InChI is InChI=1S/C20H21ClN8OS/c1-12(2)29-17-16(10-26-29)24-11-25-18(17)22-7-6-15-9-23-20(31-15)28-19(30)27-14-5-3-4-13(21)8-14/h3-5,8-12H,6-7H2,1-2H3,(H,22,24,25)(H2,23,27,28,30). The maximum atomic E-state index is 12.2. The van der Waals surface area contributed by atoms with Crippen LogP contribution in [0, 0.1) is 0 Å². The molecule has 2 amide bonds. The zero-order valence-electron chi connectivity index (χ0n) is 17.0. The van der Waals surface area contributed by atoms with E-state index in [2.05, 4.69) is 49.8 Å². The van der Waals surface area contributed by atoms with E-state index in [0.717, 1.165) is 28.1 Å². The normalized spacial score (nSPS) is 11.1. The van der Waals surface area contributed by atoms with Gasteiger partial charge in [0.2, 0.25) is 0 Å². The first-order chi connectivity index (χ1) is 15.0. The molecule has 31 heavy (non-hydrogen) atoms. The van der Waals surface area contributed by atoms with Gasteiger partial charge < -0.3 is 10.6 Å². The van der Waals surface area contributed by atoms with Gasteiger partial charge in [-0.15, -0.1) is 11.3 Å². The minimum absolute atomic E-state index is 0.206. The second kappa shape index (κ2) is 9.27. The Hall–Kier alpha value is -3.24. The second-order valence-corrected chi connectivity index (χ2v) is 8.59. The van der Waals surface area contributed by atoms with Gasteiger partial charge in [0.25, 0.3) is 0 Å². The Balaban J connectivity index is 1.33. The number of carbonyl (C=O) groups is 1. The van der Waals surface area contributed by atoms with Crippen LogP contribution in [-0.4, -0.2) is 37.3 Å². The average Bonchev–Trinajstić information content (AvgIpc) is 3.35. The van der Waals surface area contributed by atoms with Crippen LogP contribution in [0.3, 0.4) is 0 Å². The summed E-state index contributed by atoms with van der Waals surface area (Å²) in [6.07, 6.45) is 5.77. The van der Waals surface area contributed by atoms with Gasteiger partial charge in [-0.2, -0.15) is 5.10 Å². The number of aromatic nitrogens is 5. The fraction of sp³-hybridized carbons (Fsp3) is 0.250. The van der Waals surface area contributed by atoms with Crippen LogP contribution >= 0.6 is 22.9 Å². The molecule has 3 aromatic heterocycles. The van der Waals surface area contributed by atoms with Crippen LogP contribution in [-0.2, 0) is 6.42 Å². The van der Waals surface area contributed by atoms with Crippen molar-refractivity contribution in [3.8, 4) is 0 Å². The number of rotatable bonds is 7. The van der Waals surface area contributed by atoms with E-state index in [-0.39, 0.29) is 12.1 Å². The SMILES string of the molecule is CC(C)n1ncc2ncnc(NCCc3cnc(NC(=O)Nc4cccc(Cl)c4)s3)c21. The summed E-state index contributed by atoms with van der Waals surface area (Å²) in [5.74, 6) is 0.750. The van der Waals surface area contributed by atoms with Gasteiger partial charge in [0.05, 0.1) is 6.20 Å². The van der Waals surface area contributed by atoms with Gasteiger partial charge in [0.15, 0.2) is 10.9 Å². The summed E-state index contributed by atoms with van der Waals surface area (Å²) < 4.78 is 1.91. The van der Waals surface area contributed by atoms with Crippen LogP contribution in [0.5, 0.6) is 0 Å². The zero-order valence-corrected chi connectivity index (χ0v) is 18.5. The van der Waals surface area contributed by atoms with Crippen molar-refractivity contribution < 1.29 is 4.79 Å². The summed E-state index contributed by atoms with van der Waals surface area (Å²) in [5.41, 5.74) is 2.31. The van der Waals surface area contributed by atoms with Crippen molar-refractivity contribution in [3.63, 3.8) is 0 Å². The minimum atomic E-state index is -0.369. The Labute approximate surface area is 187 Å². The van der Waals surface area contributed by atoms with E-state index < -0.39 is 0 Å². The Morgan fingerprint density at radius 1 is 1.19 bits per heavy atom. The quantitative estimate of drug-likeness (QED) is 0.368. The number of benzene rings is 1. The molecule has 0 radical (unpaired) electrons.